The average molecular weight is 253 g/mol. The molecule has 1 aromatic rings. The van der Waals surface area contributed by atoms with E-state index in [4.69, 9.17) is 10.8 Å². The Balaban J connectivity index is 2.62. The van der Waals surface area contributed by atoms with Crippen molar-refractivity contribution in [3.8, 4) is 11.8 Å². The molecule has 0 aliphatic rings. The Labute approximate surface area is 105 Å². The van der Waals surface area contributed by atoms with Crippen molar-refractivity contribution in [2.45, 2.75) is 12.2 Å². The van der Waals surface area contributed by atoms with Crippen LogP contribution in [0.4, 0.5) is 4.39 Å². The smallest absolute Gasteiger partial charge is 0.124 e. The summed E-state index contributed by atoms with van der Waals surface area (Å²) >= 11 is 1.67. The minimum Gasteiger partial charge on any atom is -0.396 e. The molecule has 0 aromatic heterocycles. The SMILES string of the molecule is NCC#Cc1cc(F)cc(CSCCCO)c1. The second kappa shape index (κ2) is 8.13. The molecule has 1 aromatic carbocycles. The van der Waals surface area contributed by atoms with Crippen molar-refractivity contribution < 1.29 is 9.50 Å². The first-order valence-electron chi connectivity index (χ1n) is 5.43. The van der Waals surface area contributed by atoms with Crippen LogP contribution in [0.1, 0.15) is 17.5 Å². The predicted molar refractivity (Wildman–Crippen MR) is 70.2 cm³/mol. The number of hydrogen-bond donors (Lipinski definition) is 2. The Kier molecular flexibility index (Phi) is 6.71. The second-order valence-corrected chi connectivity index (χ2v) is 4.59. The highest BCUT2D eigenvalue weighted by Crippen LogP contribution is 2.16. The van der Waals surface area contributed by atoms with Gasteiger partial charge in [-0.05, 0) is 35.9 Å². The van der Waals surface area contributed by atoms with Crippen LogP contribution in [-0.4, -0.2) is 24.0 Å². The molecule has 0 bridgehead atoms. The monoisotopic (exact) mass is 253 g/mol. The van der Waals surface area contributed by atoms with Crippen LogP contribution in [0, 0.1) is 17.7 Å². The molecule has 92 valence electrons. The zero-order valence-corrected chi connectivity index (χ0v) is 10.4. The highest BCUT2D eigenvalue weighted by molar-refractivity contribution is 7.98. The van der Waals surface area contributed by atoms with Gasteiger partial charge in [-0.15, -0.1) is 0 Å². The zero-order valence-electron chi connectivity index (χ0n) is 9.58. The Morgan fingerprint density at radius 3 is 2.88 bits per heavy atom. The van der Waals surface area contributed by atoms with E-state index in [-0.39, 0.29) is 19.0 Å². The van der Waals surface area contributed by atoms with E-state index in [1.807, 2.05) is 6.07 Å². The van der Waals surface area contributed by atoms with E-state index < -0.39 is 0 Å². The molecule has 4 heteroatoms. The van der Waals surface area contributed by atoms with E-state index in [0.717, 1.165) is 23.5 Å². The van der Waals surface area contributed by atoms with Crippen molar-refractivity contribution in [2.24, 2.45) is 5.73 Å². The lowest BCUT2D eigenvalue weighted by molar-refractivity contribution is 0.296. The fourth-order valence-electron chi connectivity index (χ4n) is 1.32. The number of hydrogen-bond acceptors (Lipinski definition) is 3. The molecule has 0 amide bonds. The summed E-state index contributed by atoms with van der Waals surface area (Å²) in [4.78, 5) is 0. The van der Waals surface area contributed by atoms with Gasteiger partial charge in [-0.25, -0.2) is 4.39 Å². The predicted octanol–water partition coefficient (Wildman–Crippen LogP) is 1.75. The van der Waals surface area contributed by atoms with E-state index in [0.29, 0.717) is 5.56 Å². The quantitative estimate of drug-likeness (QED) is 0.621. The number of aliphatic hydroxyl groups is 1. The first-order chi connectivity index (χ1) is 8.26. The van der Waals surface area contributed by atoms with E-state index in [9.17, 15) is 4.39 Å². The standard InChI is InChI=1S/C13H16FNOS/c14-13-8-11(3-1-4-15)7-12(9-13)10-17-6-2-5-16/h7-9,16H,2,4-6,10,15H2. The lowest BCUT2D eigenvalue weighted by Gasteiger charge is -2.02. The van der Waals surface area contributed by atoms with Crippen LogP contribution in [0.5, 0.6) is 0 Å². The second-order valence-electron chi connectivity index (χ2n) is 3.48. The fourth-order valence-corrected chi connectivity index (χ4v) is 2.20. The highest BCUT2D eigenvalue weighted by atomic mass is 32.2. The van der Waals surface area contributed by atoms with Crippen LogP contribution >= 0.6 is 11.8 Å². The van der Waals surface area contributed by atoms with Crippen molar-refractivity contribution in [3.63, 3.8) is 0 Å². The third-order valence-corrected chi connectivity index (χ3v) is 3.12. The fraction of sp³-hybridized carbons (Fsp3) is 0.385. The summed E-state index contributed by atoms with van der Waals surface area (Å²) in [5.41, 5.74) is 6.84. The molecule has 0 aliphatic heterocycles. The average Bonchev–Trinajstić information content (AvgIpc) is 2.31. The lowest BCUT2D eigenvalue weighted by atomic mass is 10.1. The van der Waals surface area contributed by atoms with Gasteiger partial charge in [0.25, 0.3) is 0 Å². The number of thioether (sulfide) groups is 1. The van der Waals surface area contributed by atoms with Gasteiger partial charge in [0.15, 0.2) is 0 Å². The summed E-state index contributed by atoms with van der Waals surface area (Å²) in [6.07, 6.45) is 0.764. The molecular weight excluding hydrogens is 237 g/mol. The number of nitrogens with two attached hydrogens (primary N) is 1. The number of benzene rings is 1. The third-order valence-electron chi connectivity index (χ3n) is 2.01. The molecule has 0 saturated carbocycles. The third kappa shape index (κ3) is 5.73. The number of aliphatic hydroxyl groups excluding tert-OH is 1. The summed E-state index contributed by atoms with van der Waals surface area (Å²) in [6, 6.07) is 4.79. The van der Waals surface area contributed by atoms with Crippen molar-refractivity contribution >= 4 is 11.8 Å². The van der Waals surface area contributed by atoms with Gasteiger partial charge >= 0.3 is 0 Å². The van der Waals surface area contributed by atoms with Crippen molar-refractivity contribution in [3.05, 3.63) is 35.1 Å². The van der Waals surface area contributed by atoms with Gasteiger partial charge in [0.05, 0.1) is 6.54 Å². The molecule has 0 aliphatic carbocycles. The molecule has 0 spiro atoms. The van der Waals surface area contributed by atoms with E-state index in [1.165, 1.54) is 12.1 Å². The minimum absolute atomic E-state index is 0.198. The molecule has 0 heterocycles. The van der Waals surface area contributed by atoms with Gasteiger partial charge in [-0.2, -0.15) is 11.8 Å². The van der Waals surface area contributed by atoms with Crippen molar-refractivity contribution in [1.82, 2.24) is 0 Å². The Bertz CT molecular complexity index is 412. The maximum atomic E-state index is 13.3. The van der Waals surface area contributed by atoms with Crippen molar-refractivity contribution in [2.75, 3.05) is 18.9 Å². The van der Waals surface area contributed by atoms with E-state index >= 15 is 0 Å². The van der Waals surface area contributed by atoms with Gasteiger partial charge in [0.1, 0.15) is 5.82 Å². The molecule has 0 atom stereocenters. The summed E-state index contributed by atoms with van der Waals surface area (Å²) in [5.74, 6) is 6.86. The van der Waals surface area contributed by atoms with Crippen LogP contribution in [0.2, 0.25) is 0 Å². The molecule has 0 radical (unpaired) electrons. The Morgan fingerprint density at radius 1 is 1.35 bits per heavy atom. The van der Waals surface area contributed by atoms with Crippen LogP contribution in [0.3, 0.4) is 0 Å². The molecule has 1 rings (SSSR count). The summed E-state index contributed by atoms with van der Waals surface area (Å²) in [7, 11) is 0. The summed E-state index contributed by atoms with van der Waals surface area (Å²) in [6.45, 7) is 0.473. The zero-order chi connectivity index (χ0) is 12.5. The highest BCUT2D eigenvalue weighted by Gasteiger charge is 1.99. The first-order valence-corrected chi connectivity index (χ1v) is 6.58. The number of halogens is 1. The summed E-state index contributed by atoms with van der Waals surface area (Å²) < 4.78 is 13.3. The molecule has 0 fully saturated rings. The van der Waals surface area contributed by atoms with Gasteiger partial charge in [-0.1, -0.05) is 11.8 Å². The molecule has 17 heavy (non-hydrogen) atoms. The van der Waals surface area contributed by atoms with Gasteiger partial charge < -0.3 is 10.8 Å². The largest absolute Gasteiger partial charge is 0.396 e. The van der Waals surface area contributed by atoms with Gasteiger partial charge in [0, 0.05) is 17.9 Å². The van der Waals surface area contributed by atoms with E-state index in [2.05, 4.69) is 11.8 Å². The maximum Gasteiger partial charge on any atom is 0.124 e. The molecular formula is C13H16FNOS. The summed E-state index contributed by atoms with van der Waals surface area (Å²) in [5, 5.41) is 8.65. The van der Waals surface area contributed by atoms with Crippen molar-refractivity contribution in [1.29, 1.82) is 0 Å². The Hall–Kier alpha value is -1.02. The molecule has 0 saturated heterocycles. The molecule has 0 unspecified atom stereocenters. The Morgan fingerprint density at radius 2 is 2.18 bits per heavy atom. The normalized spacial score (nSPS) is 9.82. The van der Waals surface area contributed by atoms with Gasteiger partial charge in [-0.3, -0.25) is 0 Å². The van der Waals surface area contributed by atoms with Crippen LogP contribution in [0.25, 0.3) is 0 Å². The van der Waals surface area contributed by atoms with Gasteiger partial charge in [0.2, 0.25) is 0 Å². The first kappa shape index (κ1) is 14.0. The molecule has 3 N–H and O–H groups in total. The molecule has 2 nitrogen and oxygen atoms in total. The maximum absolute atomic E-state index is 13.3. The topological polar surface area (TPSA) is 46.2 Å². The van der Waals surface area contributed by atoms with Crippen LogP contribution < -0.4 is 5.73 Å². The van der Waals surface area contributed by atoms with E-state index in [1.54, 1.807) is 11.8 Å². The van der Waals surface area contributed by atoms with Crippen LogP contribution in [0.15, 0.2) is 18.2 Å². The lowest BCUT2D eigenvalue weighted by Crippen LogP contribution is -1.94. The number of rotatable bonds is 5. The minimum atomic E-state index is -0.272. The van der Waals surface area contributed by atoms with Crippen LogP contribution in [-0.2, 0) is 5.75 Å².